The summed E-state index contributed by atoms with van der Waals surface area (Å²) in [7, 11) is 0. The number of nitro benzene ring substituents is 2. The number of thioether (sulfide) groups is 1. The molecule has 0 radical (unpaired) electrons. The lowest BCUT2D eigenvalue weighted by Crippen LogP contribution is -2.35. The number of carbonyl (C=O) groups excluding carboxylic acids is 2. The average Bonchev–Trinajstić information content (AvgIpc) is 3.09. The predicted octanol–water partition coefficient (Wildman–Crippen LogP) is 3.79. The van der Waals surface area contributed by atoms with Gasteiger partial charge < -0.3 is 0 Å². The molecule has 11 nitrogen and oxygen atoms in total. The second kappa shape index (κ2) is 11.2. The van der Waals surface area contributed by atoms with E-state index in [1.54, 1.807) is 12.2 Å². The number of non-ortho nitro benzene ring substituents is 1. The highest BCUT2D eigenvalue weighted by atomic mass is 32.2. The molecule has 0 aliphatic carbocycles. The topological polar surface area (TPSA) is 148 Å². The van der Waals surface area contributed by atoms with E-state index in [9.17, 15) is 29.8 Å². The summed E-state index contributed by atoms with van der Waals surface area (Å²) in [5.41, 5.74) is 4.50. The fraction of sp³-hybridized carbons (Fsp3) is 0.0952. The van der Waals surface area contributed by atoms with Crippen LogP contribution >= 0.6 is 24.0 Å². The number of hydrogen-bond acceptors (Lipinski definition) is 9. The van der Waals surface area contributed by atoms with Crippen molar-refractivity contribution in [2.45, 2.75) is 6.42 Å². The quantitative estimate of drug-likeness (QED) is 0.227. The number of carbonyl (C=O) groups is 2. The Kier molecular flexibility index (Phi) is 8.05. The van der Waals surface area contributed by atoms with E-state index in [4.69, 9.17) is 12.2 Å². The number of thiocarbonyl (C=S) groups is 1. The van der Waals surface area contributed by atoms with Crippen LogP contribution in [0.5, 0.6) is 0 Å². The van der Waals surface area contributed by atoms with E-state index in [2.05, 4.69) is 10.9 Å². The minimum Gasteiger partial charge on any atom is -0.292 e. The summed E-state index contributed by atoms with van der Waals surface area (Å²) in [4.78, 5) is 46.9. The van der Waals surface area contributed by atoms with Crippen LogP contribution < -0.4 is 10.9 Å². The summed E-state index contributed by atoms with van der Waals surface area (Å²) in [5, 5.41) is 22.0. The molecule has 2 aromatic rings. The summed E-state index contributed by atoms with van der Waals surface area (Å²) < 4.78 is 0.316. The van der Waals surface area contributed by atoms with Gasteiger partial charge in [-0.15, -0.1) is 0 Å². The minimum absolute atomic E-state index is 0.0142. The maximum atomic E-state index is 12.6. The molecule has 2 amide bonds. The fourth-order valence-electron chi connectivity index (χ4n) is 2.82. The van der Waals surface area contributed by atoms with E-state index in [0.717, 1.165) is 35.5 Å². The van der Waals surface area contributed by atoms with Crippen LogP contribution in [0.3, 0.4) is 0 Å². The second-order valence-corrected chi connectivity index (χ2v) is 8.44. The molecule has 2 N–H and O–H groups in total. The van der Waals surface area contributed by atoms with Crippen molar-refractivity contribution in [2.75, 3.05) is 12.0 Å². The number of anilines is 1. The molecule has 3 rings (SSSR count). The van der Waals surface area contributed by atoms with Crippen molar-refractivity contribution in [3.8, 4) is 0 Å². The van der Waals surface area contributed by atoms with Gasteiger partial charge in [-0.05, 0) is 17.7 Å². The number of nitrogens with one attached hydrogen (secondary N) is 2. The third-order valence-electron chi connectivity index (χ3n) is 4.50. The molecule has 1 aliphatic rings. The number of hydrogen-bond donors (Lipinski definition) is 2. The first-order valence-electron chi connectivity index (χ1n) is 9.71. The van der Waals surface area contributed by atoms with Crippen molar-refractivity contribution in [2.24, 2.45) is 0 Å². The summed E-state index contributed by atoms with van der Waals surface area (Å²) in [5.74, 6) is -0.880. The maximum absolute atomic E-state index is 12.6. The van der Waals surface area contributed by atoms with Gasteiger partial charge in [-0.1, -0.05) is 66.5 Å². The first kappa shape index (κ1) is 24.5. The zero-order chi connectivity index (χ0) is 24.7. The Hall–Kier alpha value is -4.10. The van der Waals surface area contributed by atoms with Crippen LogP contribution in [0.1, 0.15) is 12.0 Å². The molecule has 1 fully saturated rings. The zero-order valence-electron chi connectivity index (χ0n) is 17.4. The van der Waals surface area contributed by atoms with Crippen LogP contribution in [0, 0.1) is 20.2 Å². The van der Waals surface area contributed by atoms with Gasteiger partial charge in [-0.3, -0.25) is 45.6 Å². The van der Waals surface area contributed by atoms with Gasteiger partial charge in [0.2, 0.25) is 5.91 Å². The molecule has 0 spiro atoms. The Morgan fingerprint density at radius 2 is 1.85 bits per heavy atom. The predicted molar refractivity (Wildman–Crippen MR) is 132 cm³/mol. The van der Waals surface area contributed by atoms with Gasteiger partial charge in [0.05, 0.1) is 20.8 Å². The lowest BCUT2D eigenvalue weighted by Gasteiger charge is -2.14. The van der Waals surface area contributed by atoms with Crippen molar-refractivity contribution >= 4 is 63.3 Å². The first-order valence-corrected chi connectivity index (χ1v) is 10.9. The molecule has 13 heteroatoms. The minimum atomic E-state index is -0.805. The van der Waals surface area contributed by atoms with Crippen molar-refractivity contribution in [3.05, 3.63) is 91.4 Å². The van der Waals surface area contributed by atoms with E-state index in [1.165, 1.54) is 4.90 Å². The van der Waals surface area contributed by atoms with E-state index < -0.39 is 27.1 Å². The molecule has 1 aliphatic heterocycles. The molecule has 2 aromatic carbocycles. The lowest BCUT2D eigenvalue weighted by molar-refractivity contribution is -0.393. The third kappa shape index (κ3) is 6.24. The normalized spacial score (nSPS) is 14.6. The Morgan fingerprint density at radius 3 is 2.53 bits per heavy atom. The fourth-order valence-corrected chi connectivity index (χ4v) is 4.08. The Balaban J connectivity index is 1.55. The van der Waals surface area contributed by atoms with Crippen LogP contribution in [-0.4, -0.2) is 37.4 Å². The molecular formula is C21H17N5O6S2. The van der Waals surface area contributed by atoms with Gasteiger partial charge in [0.1, 0.15) is 10.0 Å². The second-order valence-electron chi connectivity index (χ2n) is 6.76. The SMILES string of the molecule is O=C(CCN1C(=O)/C(=C/C=C/c2ccccc2)SC1=S)NNc1ccc([N+](=O)[O-])cc1[N+](=O)[O-]. The van der Waals surface area contributed by atoms with Crippen LogP contribution in [0.2, 0.25) is 0 Å². The van der Waals surface area contributed by atoms with Crippen LogP contribution in [0.4, 0.5) is 17.1 Å². The molecule has 0 bridgehead atoms. The standard InChI is InChI=1S/C21H17N5O6S2/c27-19(23-22-16-10-9-15(25(29)30)13-17(16)26(31)32)11-12-24-20(28)18(34-21(24)33)8-4-7-14-5-2-1-3-6-14/h1-10,13,22H,11-12H2,(H,23,27)/b7-4+,18-8-. The summed E-state index contributed by atoms with van der Waals surface area (Å²) >= 11 is 6.36. The summed E-state index contributed by atoms with van der Waals surface area (Å²) in [6.07, 6.45) is 5.12. The average molecular weight is 500 g/mol. The number of amides is 2. The Labute approximate surface area is 202 Å². The largest absolute Gasteiger partial charge is 0.300 e. The monoisotopic (exact) mass is 499 g/mol. The molecule has 0 aromatic heterocycles. The van der Waals surface area contributed by atoms with E-state index >= 15 is 0 Å². The smallest absolute Gasteiger partial charge is 0.292 e. The van der Waals surface area contributed by atoms with Gasteiger partial charge in [0.15, 0.2) is 0 Å². The van der Waals surface area contributed by atoms with Gasteiger partial charge in [0.25, 0.3) is 11.6 Å². The van der Waals surface area contributed by atoms with Crippen molar-refractivity contribution in [3.63, 3.8) is 0 Å². The molecule has 0 atom stereocenters. The highest BCUT2D eigenvalue weighted by molar-refractivity contribution is 8.26. The van der Waals surface area contributed by atoms with Crippen LogP contribution in [0.15, 0.2) is 65.6 Å². The molecular weight excluding hydrogens is 482 g/mol. The van der Waals surface area contributed by atoms with Crippen LogP contribution in [0.25, 0.3) is 6.08 Å². The van der Waals surface area contributed by atoms with E-state index in [0.29, 0.717) is 9.23 Å². The molecule has 1 heterocycles. The number of nitrogens with zero attached hydrogens (tertiary/aromatic N) is 3. The Bertz CT molecular complexity index is 1220. The lowest BCUT2D eigenvalue weighted by atomic mass is 10.2. The molecule has 0 saturated carbocycles. The third-order valence-corrected chi connectivity index (χ3v) is 5.89. The number of benzene rings is 2. The van der Waals surface area contributed by atoms with Crippen molar-refractivity contribution in [1.29, 1.82) is 0 Å². The van der Waals surface area contributed by atoms with Gasteiger partial charge in [-0.2, -0.15) is 0 Å². The van der Waals surface area contributed by atoms with E-state index in [-0.39, 0.29) is 24.6 Å². The Morgan fingerprint density at radius 1 is 1.12 bits per heavy atom. The summed E-state index contributed by atoms with van der Waals surface area (Å²) in [6, 6.07) is 12.5. The molecule has 0 unspecified atom stereocenters. The van der Waals surface area contributed by atoms with Gasteiger partial charge >= 0.3 is 5.69 Å². The van der Waals surface area contributed by atoms with Crippen LogP contribution in [-0.2, 0) is 9.59 Å². The maximum Gasteiger partial charge on any atom is 0.300 e. The number of hydrazine groups is 1. The summed E-state index contributed by atoms with van der Waals surface area (Å²) in [6.45, 7) is 0.0142. The number of nitro groups is 2. The van der Waals surface area contributed by atoms with Crippen molar-refractivity contribution < 1.29 is 19.4 Å². The molecule has 1 saturated heterocycles. The van der Waals surface area contributed by atoms with Gasteiger partial charge in [-0.25, -0.2) is 0 Å². The highest BCUT2D eigenvalue weighted by Gasteiger charge is 2.31. The number of allylic oxidation sites excluding steroid dienone is 2. The molecule has 34 heavy (non-hydrogen) atoms. The molecule has 174 valence electrons. The number of rotatable bonds is 9. The first-order chi connectivity index (χ1) is 16.3. The van der Waals surface area contributed by atoms with Gasteiger partial charge in [0, 0.05) is 19.0 Å². The van der Waals surface area contributed by atoms with Crippen molar-refractivity contribution in [1.82, 2.24) is 10.3 Å². The zero-order valence-corrected chi connectivity index (χ0v) is 19.0. The van der Waals surface area contributed by atoms with E-state index in [1.807, 2.05) is 36.4 Å². The highest BCUT2D eigenvalue weighted by Crippen LogP contribution is 2.31.